The van der Waals surface area contributed by atoms with Crippen LogP contribution in [0.25, 0.3) is 0 Å². The van der Waals surface area contributed by atoms with Gasteiger partial charge in [-0.3, -0.25) is 30.4 Å². The molecule has 1 unspecified atom stereocenters. The number of thioether (sulfide) groups is 1. The van der Waals surface area contributed by atoms with E-state index in [0.717, 1.165) is 37.1 Å². The number of nitrogens with zero attached hydrogens (tertiary/aromatic N) is 3. The normalized spacial score (nSPS) is 18.7. The van der Waals surface area contributed by atoms with Crippen LogP contribution in [0, 0.1) is 20.2 Å². The molecule has 0 amide bonds. The first-order chi connectivity index (χ1) is 11.9. The van der Waals surface area contributed by atoms with Gasteiger partial charge < -0.3 is 5.11 Å². The second-order valence-corrected chi connectivity index (χ2v) is 6.56. The molecule has 1 aromatic carbocycles. The predicted molar refractivity (Wildman–Crippen MR) is 93.2 cm³/mol. The van der Waals surface area contributed by atoms with E-state index in [1.807, 2.05) is 0 Å². The van der Waals surface area contributed by atoms with Gasteiger partial charge in [-0.15, -0.1) is 11.8 Å². The van der Waals surface area contributed by atoms with Crippen LogP contribution in [-0.4, -0.2) is 37.6 Å². The Bertz CT molecular complexity index is 723. The van der Waals surface area contributed by atoms with Crippen molar-refractivity contribution >= 4 is 40.5 Å². The van der Waals surface area contributed by atoms with Gasteiger partial charge in [-0.2, -0.15) is 5.10 Å². The summed E-state index contributed by atoms with van der Waals surface area (Å²) in [6, 6.07) is 3.27. The standard InChI is InChI=1S/C14H16N4O6S/c19-14(20)8-25-13-4-2-1-3-11(13)16-15-10-6-5-9(17(21)22)7-12(10)18(23)24/h5-7,13,15H,1-4,8H2,(H,19,20)/b16-11+. The van der Waals surface area contributed by atoms with Gasteiger partial charge in [-0.05, 0) is 25.3 Å². The van der Waals surface area contributed by atoms with E-state index in [1.165, 1.54) is 17.8 Å². The van der Waals surface area contributed by atoms with Gasteiger partial charge in [0.25, 0.3) is 5.69 Å². The molecule has 10 nitrogen and oxygen atoms in total. The molecule has 25 heavy (non-hydrogen) atoms. The second-order valence-electron chi connectivity index (χ2n) is 5.37. The lowest BCUT2D eigenvalue weighted by atomic mass is 9.98. The van der Waals surface area contributed by atoms with Crippen LogP contribution < -0.4 is 5.43 Å². The van der Waals surface area contributed by atoms with E-state index in [2.05, 4.69) is 10.5 Å². The van der Waals surface area contributed by atoms with Crippen molar-refractivity contribution in [1.82, 2.24) is 0 Å². The molecule has 1 atom stereocenters. The summed E-state index contributed by atoms with van der Waals surface area (Å²) in [5, 5.41) is 34.8. The summed E-state index contributed by atoms with van der Waals surface area (Å²) in [6.45, 7) is 0. The third-order valence-corrected chi connectivity index (χ3v) is 4.96. The Balaban J connectivity index is 2.19. The molecule has 1 fully saturated rings. The molecule has 0 spiro atoms. The lowest BCUT2D eigenvalue weighted by Crippen LogP contribution is -2.24. The second kappa shape index (κ2) is 8.42. The molecule has 1 aliphatic carbocycles. The summed E-state index contributed by atoms with van der Waals surface area (Å²) < 4.78 is 0. The molecule has 11 heteroatoms. The van der Waals surface area contributed by atoms with Crippen LogP contribution in [0.1, 0.15) is 25.7 Å². The lowest BCUT2D eigenvalue weighted by molar-refractivity contribution is -0.393. The van der Waals surface area contributed by atoms with Gasteiger partial charge in [0.15, 0.2) is 0 Å². The summed E-state index contributed by atoms with van der Waals surface area (Å²) in [6.07, 6.45) is 3.34. The smallest absolute Gasteiger partial charge is 0.313 e. The van der Waals surface area contributed by atoms with Crippen LogP contribution in [0.2, 0.25) is 0 Å². The fraction of sp³-hybridized carbons (Fsp3) is 0.429. The van der Waals surface area contributed by atoms with E-state index in [-0.39, 0.29) is 22.4 Å². The number of carboxylic acids is 1. The first-order valence-corrected chi connectivity index (χ1v) is 8.52. The highest BCUT2D eigenvalue weighted by molar-refractivity contribution is 8.01. The van der Waals surface area contributed by atoms with Gasteiger partial charge in [-0.1, -0.05) is 6.42 Å². The molecule has 2 N–H and O–H groups in total. The maximum absolute atomic E-state index is 11.1. The van der Waals surface area contributed by atoms with Crippen molar-refractivity contribution in [2.24, 2.45) is 5.10 Å². The van der Waals surface area contributed by atoms with Crippen LogP contribution in [0.4, 0.5) is 17.1 Å². The fourth-order valence-corrected chi connectivity index (χ4v) is 3.49. The van der Waals surface area contributed by atoms with Crippen molar-refractivity contribution < 1.29 is 19.7 Å². The van der Waals surface area contributed by atoms with E-state index >= 15 is 0 Å². The molecule has 1 aromatic rings. The zero-order valence-corrected chi connectivity index (χ0v) is 13.9. The number of aliphatic carboxylic acids is 1. The minimum Gasteiger partial charge on any atom is -0.481 e. The van der Waals surface area contributed by atoms with Gasteiger partial charge in [0.1, 0.15) is 5.69 Å². The maximum atomic E-state index is 11.1. The Hall–Kier alpha value is -2.69. The van der Waals surface area contributed by atoms with Crippen molar-refractivity contribution in [3.63, 3.8) is 0 Å². The Morgan fingerprint density at radius 1 is 1.32 bits per heavy atom. The van der Waals surface area contributed by atoms with Gasteiger partial charge in [0, 0.05) is 11.3 Å². The number of hydrazone groups is 1. The van der Waals surface area contributed by atoms with Crippen molar-refractivity contribution in [3.8, 4) is 0 Å². The number of benzene rings is 1. The highest BCUT2D eigenvalue weighted by atomic mass is 32.2. The van der Waals surface area contributed by atoms with Gasteiger partial charge in [0.05, 0.1) is 27.4 Å². The van der Waals surface area contributed by atoms with Gasteiger partial charge in [0.2, 0.25) is 0 Å². The summed E-state index contributed by atoms with van der Waals surface area (Å²) in [5.74, 6) is -0.949. The van der Waals surface area contributed by atoms with Crippen molar-refractivity contribution in [1.29, 1.82) is 0 Å². The first-order valence-electron chi connectivity index (χ1n) is 7.47. The number of anilines is 1. The zero-order chi connectivity index (χ0) is 18.4. The van der Waals surface area contributed by atoms with Crippen LogP contribution in [0.5, 0.6) is 0 Å². The van der Waals surface area contributed by atoms with Crippen molar-refractivity contribution in [2.45, 2.75) is 30.9 Å². The molecule has 0 aromatic heterocycles. The average Bonchev–Trinajstić information content (AvgIpc) is 2.58. The minimum atomic E-state index is -0.908. The molecular formula is C14H16N4O6S. The molecule has 2 rings (SSSR count). The Kier molecular flexibility index (Phi) is 6.28. The number of nitro benzene ring substituents is 2. The van der Waals surface area contributed by atoms with Gasteiger partial charge in [-0.25, -0.2) is 0 Å². The molecule has 1 saturated carbocycles. The quantitative estimate of drug-likeness (QED) is 0.551. The molecule has 1 aliphatic rings. The number of non-ortho nitro benzene ring substituents is 1. The lowest BCUT2D eigenvalue weighted by Gasteiger charge is -2.23. The van der Waals surface area contributed by atoms with E-state index in [4.69, 9.17) is 5.11 Å². The fourth-order valence-electron chi connectivity index (χ4n) is 2.45. The highest BCUT2D eigenvalue weighted by Gasteiger charge is 2.23. The number of nitro groups is 2. The number of carbonyl (C=O) groups is 1. The SMILES string of the molecule is O=C(O)CSC1CCCC/C1=N\Nc1ccc([N+](=O)[O-])cc1[N+](=O)[O-]. The van der Waals surface area contributed by atoms with E-state index in [0.29, 0.717) is 6.42 Å². The molecule has 0 aliphatic heterocycles. The van der Waals surface area contributed by atoms with Crippen LogP contribution >= 0.6 is 11.8 Å². The van der Waals surface area contributed by atoms with Crippen molar-refractivity contribution in [2.75, 3.05) is 11.2 Å². The topological polar surface area (TPSA) is 148 Å². The summed E-state index contributed by atoms with van der Waals surface area (Å²) >= 11 is 1.27. The monoisotopic (exact) mass is 368 g/mol. The minimum absolute atomic E-state index is 0.0403. The molecule has 0 heterocycles. The molecular weight excluding hydrogens is 352 g/mol. The van der Waals surface area contributed by atoms with Crippen LogP contribution in [0.3, 0.4) is 0 Å². The van der Waals surface area contributed by atoms with Gasteiger partial charge >= 0.3 is 11.7 Å². The molecule has 0 saturated heterocycles. The Labute approximate surface area is 146 Å². The predicted octanol–water partition coefficient (Wildman–Crippen LogP) is 3.03. The third kappa shape index (κ3) is 5.14. The number of rotatable bonds is 7. The first kappa shape index (κ1) is 18.6. The number of nitrogens with one attached hydrogen (secondary N) is 1. The van der Waals surface area contributed by atoms with Crippen LogP contribution in [0.15, 0.2) is 23.3 Å². The number of hydrogen-bond donors (Lipinski definition) is 2. The van der Waals surface area contributed by atoms with E-state index in [9.17, 15) is 25.0 Å². The maximum Gasteiger partial charge on any atom is 0.313 e. The van der Waals surface area contributed by atoms with E-state index < -0.39 is 21.5 Å². The van der Waals surface area contributed by atoms with E-state index in [1.54, 1.807) is 0 Å². The average molecular weight is 368 g/mol. The number of hydrogen-bond acceptors (Lipinski definition) is 8. The van der Waals surface area contributed by atoms with Crippen molar-refractivity contribution in [3.05, 3.63) is 38.4 Å². The summed E-state index contributed by atoms with van der Waals surface area (Å²) in [4.78, 5) is 31.2. The summed E-state index contributed by atoms with van der Waals surface area (Å²) in [7, 11) is 0. The molecule has 0 bridgehead atoms. The third-order valence-electron chi connectivity index (χ3n) is 3.64. The molecule has 0 radical (unpaired) electrons. The van der Waals surface area contributed by atoms with Crippen LogP contribution in [-0.2, 0) is 4.79 Å². The Morgan fingerprint density at radius 2 is 2.08 bits per heavy atom. The Morgan fingerprint density at radius 3 is 2.72 bits per heavy atom. The number of carboxylic acid groups (broad SMARTS) is 1. The molecule has 134 valence electrons. The largest absolute Gasteiger partial charge is 0.481 e. The summed E-state index contributed by atoms with van der Waals surface area (Å²) in [5.41, 5.74) is 2.59. The zero-order valence-electron chi connectivity index (χ0n) is 13.1. The highest BCUT2D eigenvalue weighted by Crippen LogP contribution is 2.30.